The molecule has 0 saturated heterocycles. The minimum atomic E-state index is -1.21. The summed E-state index contributed by atoms with van der Waals surface area (Å²) >= 11 is -1.21. The van der Waals surface area contributed by atoms with E-state index in [9.17, 15) is 4.55 Å². The zero-order valence-electron chi connectivity index (χ0n) is 12.6. The Morgan fingerprint density at radius 2 is 1.95 bits per heavy atom. The van der Waals surface area contributed by atoms with Gasteiger partial charge in [0.1, 0.15) is 21.8 Å². The van der Waals surface area contributed by atoms with Crippen molar-refractivity contribution in [1.82, 2.24) is 9.78 Å². The van der Waals surface area contributed by atoms with Gasteiger partial charge in [-0.15, -0.1) is 0 Å². The normalized spacial score (nSPS) is 23.7. The van der Waals surface area contributed by atoms with Crippen molar-refractivity contribution in [3.63, 3.8) is 0 Å². The lowest BCUT2D eigenvalue weighted by Crippen LogP contribution is -2.27. The van der Waals surface area contributed by atoms with Gasteiger partial charge in [0, 0.05) is 12.6 Å². The topological polar surface area (TPSA) is 53.2 Å². The molecule has 106 valence electrons. The van der Waals surface area contributed by atoms with Gasteiger partial charge in [-0.25, -0.2) is 0 Å². The molecule has 0 aliphatic carbocycles. The lowest BCUT2D eigenvalue weighted by molar-refractivity contribution is 0.242. The Kier molecular flexibility index (Phi) is 3.56. The van der Waals surface area contributed by atoms with Gasteiger partial charge in [0.2, 0.25) is 0 Å². The Hall–Kier alpha value is -0.810. The summed E-state index contributed by atoms with van der Waals surface area (Å²) in [6.07, 6.45) is 2.61. The third kappa shape index (κ3) is 2.87. The number of fused-ring (bicyclic) bond motifs is 1. The second-order valence-corrected chi connectivity index (χ2v) is 9.05. The van der Waals surface area contributed by atoms with Crippen molar-refractivity contribution in [2.24, 2.45) is 9.81 Å². The summed E-state index contributed by atoms with van der Waals surface area (Å²) in [6.45, 7) is 12.4. The molecule has 19 heavy (non-hydrogen) atoms. The van der Waals surface area contributed by atoms with Crippen molar-refractivity contribution < 1.29 is 4.55 Å². The van der Waals surface area contributed by atoms with Gasteiger partial charge < -0.3 is 4.55 Å². The van der Waals surface area contributed by atoms with E-state index in [0.29, 0.717) is 0 Å². The fraction of sp³-hybridized carbons (Fsp3) is 0.714. The number of nitrogens with zero attached hydrogens (tertiary/aromatic N) is 3. The van der Waals surface area contributed by atoms with Crippen molar-refractivity contribution in [3.8, 4) is 0 Å². The van der Waals surface area contributed by atoms with E-state index in [0.717, 1.165) is 17.8 Å². The largest absolute Gasteiger partial charge is 0.591 e. The highest BCUT2D eigenvalue weighted by Gasteiger charge is 2.38. The van der Waals surface area contributed by atoms with Crippen LogP contribution in [0, 0.1) is 5.41 Å². The third-order valence-electron chi connectivity index (χ3n) is 3.36. The van der Waals surface area contributed by atoms with Crippen LogP contribution in [0.4, 0.5) is 0 Å². The fourth-order valence-corrected chi connectivity index (χ4v) is 2.80. The fourth-order valence-electron chi connectivity index (χ4n) is 2.16. The predicted octanol–water partition coefficient (Wildman–Crippen LogP) is 3.13. The molecule has 1 aliphatic rings. The predicted molar refractivity (Wildman–Crippen MR) is 79.8 cm³/mol. The Balaban J connectivity index is 2.35. The molecule has 2 rings (SSSR count). The number of rotatable bonds is 1. The molecule has 0 spiro atoms. The number of hydrogen-bond donors (Lipinski definition) is 0. The van der Waals surface area contributed by atoms with Crippen LogP contribution in [0.15, 0.2) is 16.7 Å². The summed E-state index contributed by atoms with van der Waals surface area (Å²) in [4.78, 5) is 0. The van der Waals surface area contributed by atoms with Crippen LogP contribution in [0.5, 0.6) is 0 Å². The lowest BCUT2D eigenvalue weighted by Gasteiger charge is -2.27. The average molecular weight is 281 g/mol. The molecule has 1 aromatic heterocycles. The van der Waals surface area contributed by atoms with Gasteiger partial charge in [-0.1, -0.05) is 25.2 Å². The van der Waals surface area contributed by atoms with Crippen LogP contribution in [-0.4, -0.2) is 24.8 Å². The monoisotopic (exact) mass is 281 g/mol. The molecule has 4 nitrogen and oxygen atoms in total. The van der Waals surface area contributed by atoms with Crippen LogP contribution in [-0.2, 0) is 11.4 Å². The first kappa shape index (κ1) is 14.6. The Bertz CT molecular complexity index is 494. The minimum Gasteiger partial charge on any atom is -0.591 e. The zero-order valence-corrected chi connectivity index (χ0v) is 13.4. The van der Waals surface area contributed by atoms with Gasteiger partial charge in [-0.2, -0.15) is 5.10 Å². The van der Waals surface area contributed by atoms with E-state index in [2.05, 4.69) is 30.3 Å². The minimum absolute atomic E-state index is 0.112. The zero-order chi connectivity index (χ0) is 14.4. The van der Waals surface area contributed by atoms with Crippen LogP contribution >= 0.6 is 0 Å². The van der Waals surface area contributed by atoms with E-state index in [1.54, 1.807) is 6.20 Å². The smallest absolute Gasteiger partial charge is 0.144 e. The summed E-state index contributed by atoms with van der Waals surface area (Å²) in [7, 11) is 0. The average Bonchev–Trinajstić information content (AvgIpc) is 2.77. The van der Waals surface area contributed by atoms with Crippen molar-refractivity contribution in [2.75, 3.05) is 0 Å². The third-order valence-corrected chi connectivity index (χ3v) is 4.80. The maximum atomic E-state index is 12.2. The molecule has 0 radical (unpaired) electrons. The van der Waals surface area contributed by atoms with Crippen LogP contribution in [0.1, 0.15) is 59.7 Å². The molecule has 0 fully saturated rings. The van der Waals surface area contributed by atoms with Gasteiger partial charge >= 0.3 is 0 Å². The maximum Gasteiger partial charge on any atom is 0.144 e. The van der Waals surface area contributed by atoms with Gasteiger partial charge in [-0.05, 0) is 32.3 Å². The summed E-state index contributed by atoms with van der Waals surface area (Å²) in [5.74, 6) is 0. The molecule has 1 aromatic rings. The van der Waals surface area contributed by atoms with Gasteiger partial charge in [0.05, 0.1) is 11.7 Å². The van der Waals surface area contributed by atoms with Crippen molar-refractivity contribution in [1.29, 1.82) is 0 Å². The van der Waals surface area contributed by atoms with Crippen LogP contribution < -0.4 is 0 Å². The Labute approximate surface area is 118 Å². The lowest BCUT2D eigenvalue weighted by atomic mass is 9.85. The molecule has 0 aromatic carbocycles. The first-order valence-electron chi connectivity index (χ1n) is 6.64. The standard InChI is InChI=1S/C14H23N3OS/c1-13(2,3)12-9-10(11-7-8-15-17(11)12)16-19(18)14(4,5)6/h7-8,12H,9H2,1-6H3/b16-10-/t12-,19+/m1/s1. The first-order chi connectivity index (χ1) is 8.60. The van der Waals surface area contributed by atoms with Gasteiger partial charge in [0.25, 0.3) is 0 Å². The first-order valence-corrected chi connectivity index (χ1v) is 7.75. The van der Waals surface area contributed by atoms with E-state index in [-0.39, 0.29) is 16.2 Å². The van der Waals surface area contributed by atoms with Crippen molar-refractivity contribution >= 4 is 17.1 Å². The van der Waals surface area contributed by atoms with Crippen molar-refractivity contribution in [2.45, 2.75) is 58.8 Å². The van der Waals surface area contributed by atoms with Crippen LogP contribution in [0.2, 0.25) is 0 Å². The van der Waals surface area contributed by atoms with Crippen molar-refractivity contribution in [3.05, 3.63) is 18.0 Å². The van der Waals surface area contributed by atoms with Gasteiger partial charge in [0.15, 0.2) is 0 Å². The molecule has 0 N–H and O–H groups in total. The van der Waals surface area contributed by atoms with Crippen LogP contribution in [0.25, 0.3) is 0 Å². The summed E-state index contributed by atoms with van der Waals surface area (Å²) < 4.78 is 18.4. The molecule has 0 amide bonds. The molecule has 0 saturated carbocycles. The van der Waals surface area contributed by atoms with E-state index in [1.165, 1.54) is 0 Å². The maximum absolute atomic E-state index is 12.2. The number of hydrogen-bond acceptors (Lipinski definition) is 3. The van der Waals surface area contributed by atoms with E-state index >= 15 is 0 Å². The molecule has 5 heteroatoms. The summed E-state index contributed by atoms with van der Waals surface area (Å²) in [6, 6.07) is 2.25. The second kappa shape index (κ2) is 4.63. The van der Waals surface area contributed by atoms with E-state index < -0.39 is 11.4 Å². The molecule has 0 unspecified atom stereocenters. The molecule has 1 aliphatic heterocycles. The molecular formula is C14H23N3OS. The molecule has 0 bridgehead atoms. The Morgan fingerprint density at radius 1 is 1.32 bits per heavy atom. The van der Waals surface area contributed by atoms with E-state index in [4.69, 9.17) is 0 Å². The summed E-state index contributed by atoms with van der Waals surface area (Å²) in [5.41, 5.74) is 2.05. The SMILES string of the molecule is CC(C)(C)[C@H]1C/C(=N/[S@@+]([O-])C(C)(C)C)c2ccnn21. The Morgan fingerprint density at radius 3 is 2.47 bits per heavy atom. The molecular weight excluding hydrogens is 258 g/mol. The van der Waals surface area contributed by atoms with Gasteiger partial charge in [-0.3, -0.25) is 4.68 Å². The number of aromatic nitrogens is 2. The summed E-state index contributed by atoms with van der Waals surface area (Å²) in [5, 5.41) is 4.40. The quantitative estimate of drug-likeness (QED) is 0.743. The highest BCUT2D eigenvalue weighted by molar-refractivity contribution is 7.91. The highest BCUT2D eigenvalue weighted by atomic mass is 32.2. The molecule has 2 atom stereocenters. The van der Waals surface area contributed by atoms with Crippen LogP contribution in [0.3, 0.4) is 0 Å². The molecule has 2 heterocycles. The highest BCUT2D eigenvalue weighted by Crippen LogP contribution is 2.39. The second-order valence-electron chi connectivity index (χ2n) is 7.15. The van der Waals surface area contributed by atoms with E-state index in [1.807, 2.05) is 31.5 Å².